The zero-order valence-corrected chi connectivity index (χ0v) is 11.0. The summed E-state index contributed by atoms with van der Waals surface area (Å²) in [5.41, 5.74) is 1.05. The molecule has 1 aliphatic heterocycles. The fourth-order valence-corrected chi connectivity index (χ4v) is 2.31. The molecule has 0 saturated carbocycles. The number of carboxylic acids is 1. The first-order valence-corrected chi connectivity index (χ1v) is 6.41. The first-order chi connectivity index (χ1) is 9.20. The maximum atomic E-state index is 10.7. The number of benzene rings is 1. The zero-order valence-electron chi connectivity index (χ0n) is 11.0. The number of hydrogen-bond acceptors (Lipinski definition) is 4. The van der Waals surface area contributed by atoms with Crippen LogP contribution in [0.1, 0.15) is 12.8 Å². The Morgan fingerprint density at radius 1 is 1.58 bits per heavy atom. The maximum Gasteiger partial charge on any atom is 0.303 e. The number of hydrogen-bond donors (Lipinski definition) is 1. The molecular weight excluding hydrogens is 246 g/mol. The van der Waals surface area contributed by atoms with Gasteiger partial charge in [-0.05, 0) is 18.6 Å². The highest BCUT2D eigenvalue weighted by molar-refractivity contribution is 5.66. The average molecular weight is 265 g/mol. The van der Waals surface area contributed by atoms with Crippen molar-refractivity contribution < 1.29 is 19.4 Å². The molecule has 0 bridgehead atoms. The van der Waals surface area contributed by atoms with Gasteiger partial charge in [0.15, 0.2) is 0 Å². The summed E-state index contributed by atoms with van der Waals surface area (Å²) in [4.78, 5) is 12.9. The van der Waals surface area contributed by atoms with Crippen molar-refractivity contribution in [2.75, 3.05) is 31.8 Å². The van der Waals surface area contributed by atoms with Crippen LogP contribution in [-0.4, -0.2) is 44.0 Å². The minimum absolute atomic E-state index is 0.108. The van der Waals surface area contributed by atoms with Gasteiger partial charge >= 0.3 is 5.97 Å². The number of aliphatic carboxylic acids is 1. The fraction of sp³-hybridized carbons (Fsp3) is 0.500. The van der Waals surface area contributed by atoms with Gasteiger partial charge in [0.05, 0.1) is 26.4 Å². The molecule has 0 amide bonds. The van der Waals surface area contributed by atoms with Gasteiger partial charge in [0.25, 0.3) is 0 Å². The topological polar surface area (TPSA) is 59.0 Å². The van der Waals surface area contributed by atoms with Crippen LogP contribution in [0.4, 0.5) is 5.69 Å². The highest BCUT2D eigenvalue weighted by Crippen LogP contribution is 2.25. The van der Waals surface area contributed by atoms with Gasteiger partial charge in [0.1, 0.15) is 5.75 Å². The second-order valence-corrected chi connectivity index (χ2v) is 4.56. The quantitative estimate of drug-likeness (QED) is 0.879. The summed E-state index contributed by atoms with van der Waals surface area (Å²) >= 11 is 0. The van der Waals surface area contributed by atoms with E-state index in [1.54, 1.807) is 7.11 Å². The lowest BCUT2D eigenvalue weighted by molar-refractivity contribution is -0.137. The van der Waals surface area contributed by atoms with Gasteiger partial charge in [-0.15, -0.1) is 0 Å². The van der Waals surface area contributed by atoms with E-state index in [1.165, 1.54) is 0 Å². The van der Waals surface area contributed by atoms with Crippen LogP contribution in [0.5, 0.6) is 5.75 Å². The number of carbonyl (C=O) groups is 1. The predicted molar refractivity (Wildman–Crippen MR) is 71.8 cm³/mol. The third-order valence-electron chi connectivity index (χ3n) is 3.30. The van der Waals surface area contributed by atoms with Gasteiger partial charge in [0, 0.05) is 24.7 Å². The van der Waals surface area contributed by atoms with Gasteiger partial charge in [-0.3, -0.25) is 4.79 Å². The molecule has 0 aliphatic carbocycles. The van der Waals surface area contributed by atoms with Crippen molar-refractivity contribution in [1.29, 1.82) is 0 Å². The first kappa shape index (κ1) is 13.7. The van der Waals surface area contributed by atoms with Gasteiger partial charge in [0.2, 0.25) is 0 Å². The van der Waals surface area contributed by atoms with Crippen LogP contribution in [0.2, 0.25) is 0 Å². The van der Waals surface area contributed by atoms with E-state index in [0.29, 0.717) is 19.6 Å². The first-order valence-electron chi connectivity index (χ1n) is 6.41. The Hall–Kier alpha value is -1.75. The molecule has 1 saturated heterocycles. The van der Waals surface area contributed by atoms with E-state index in [1.807, 2.05) is 24.3 Å². The number of nitrogens with zero attached hydrogens (tertiary/aromatic N) is 1. The summed E-state index contributed by atoms with van der Waals surface area (Å²) in [6.07, 6.45) is 0.751. The van der Waals surface area contributed by atoms with Gasteiger partial charge in [-0.25, -0.2) is 0 Å². The van der Waals surface area contributed by atoms with E-state index in [-0.39, 0.29) is 12.5 Å². The Bertz CT molecular complexity index is 435. The molecule has 104 valence electrons. The fourth-order valence-electron chi connectivity index (χ4n) is 2.31. The van der Waals surface area contributed by atoms with Crippen molar-refractivity contribution in [1.82, 2.24) is 0 Å². The molecule has 5 heteroatoms. The van der Waals surface area contributed by atoms with Crippen molar-refractivity contribution in [3.05, 3.63) is 24.3 Å². The van der Waals surface area contributed by atoms with E-state index in [9.17, 15) is 4.79 Å². The molecule has 0 aromatic heterocycles. The molecule has 0 radical (unpaired) electrons. The molecular formula is C14H19NO4. The molecule has 1 aromatic rings. The van der Waals surface area contributed by atoms with E-state index in [2.05, 4.69) is 4.90 Å². The summed E-state index contributed by atoms with van der Waals surface area (Å²) < 4.78 is 10.7. The number of morpholine rings is 1. The smallest absolute Gasteiger partial charge is 0.303 e. The van der Waals surface area contributed by atoms with Crippen LogP contribution < -0.4 is 9.64 Å². The van der Waals surface area contributed by atoms with Crippen molar-refractivity contribution in [2.45, 2.75) is 18.9 Å². The van der Waals surface area contributed by atoms with Crippen LogP contribution in [0.3, 0.4) is 0 Å². The number of carboxylic acid groups (broad SMARTS) is 1. The predicted octanol–water partition coefficient (Wildman–Crippen LogP) is 1.77. The second kappa shape index (κ2) is 6.43. The maximum absolute atomic E-state index is 10.7. The number of ether oxygens (including phenoxy) is 2. The largest absolute Gasteiger partial charge is 0.497 e. The molecule has 1 aliphatic rings. The zero-order chi connectivity index (χ0) is 13.7. The van der Waals surface area contributed by atoms with Crippen LogP contribution >= 0.6 is 0 Å². The van der Waals surface area contributed by atoms with Crippen molar-refractivity contribution in [2.24, 2.45) is 0 Å². The second-order valence-electron chi connectivity index (χ2n) is 4.56. The molecule has 1 atom stereocenters. The van der Waals surface area contributed by atoms with Gasteiger partial charge < -0.3 is 19.5 Å². The average Bonchev–Trinajstić information content (AvgIpc) is 2.45. The van der Waals surface area contributed by atoms with E-state index >= 15 is 0 Å². The van der Waals surface area contributed by atoms with Crippen molar-refractivity contribution in [3.63, 3.8) is 0 Å². The lowest BCUT2D eigenvalue weighted by Gasteiger charge is -2.37. The summed E-state index contributed by atoms with van der Waals surface area (Å²) in [7, 11) is 1.64. The van der Waals surface area contributed by atoms with Crippen LogP contribution in [-0.2, 0) is 9.53 Å². The van der Waals surface area contributed by atoms with Crippen LogP contribution in [0, 0.1) is 0 Å². The Morgan fingerprint density at radius 2 is 2.42 bits per heavy atom. The van der Waals surface area contributed by atoms with E-state index in [0.717, 1.165) is 18.0 Å². The molecule has 5 nitrogen and oxygen atoms in total. The number of anilines is 1. The number of methoxy groups -OCH3 is 1. The lowest BCUT2D eigenvalue weighted by Crippen LogP contribution is -2.45. The SMILES string of the molecule is COc1cccc(N2CCOCC2CCC(=O)O)c1. The normalized spacial score (nSPS) is 19.2. The number of rotatable bonds is 5. The Labute approximate surface area is 112 Å². The van der Waals surface area contributed by atoms with E-state index < -0.39 is 5.97 Å². The van der Waals surface area contributed by atoms with Crippen LogP contribution in [0.25, 0.3) is 0 Å². The molecule has 2 rings (SSSR count). The molecule has 1 heterocycles. The Morgan fingerprint density at radius 3 is 3.16 bits per heavy atom. The van der Waals surface area contributed by atoms with Crippen molar-refractivity contribution in [3.8, 4) is 5.75 Å². The minimum atomic E-state index is -0.767. The van der Waals surface area contributed by atoms with Crippen molar-refractivity contribution >= 4 is 11.7 Å². The molecule has 1 N–H and O–H groups in total. The highest BCUT2D eigenvalue weighted by atomic mass is 16.5. The standard InChI is InChI=1S/C14H19NO4/c1-18-13-4-2-3-11(9-13)15-7-8-19-10-12(15)5-6-14(16)17/h2-4,9,12H,5-8,10H2,1H3,(H,16,17). The lowest BCUT2D eigenvalue weighted by atomic mass is 10.1. The van der Waals surface area contributed by atoms with Gasteiger partial charge in [-0.2, -0.15) is 0 Å². The monoisotopic (exact) mass is 265 g/mol. The Balaban J connectivity index is 2.11. The molecule has 1 fully saturated rings. The third-order valence-corrected chi connectivity index (χ3v) is 3.30. The molecule has 0 spiro atoms. The Kier molecular flexibility index (Phi) is 4.63. The highest BCUT2D eigenvalue weighted by Gasteiger charge is 2.24. The summed E-state index contributed by atoms with van der Waals surface area (Å²) in [6.45, 7) is 2.02. The molecule has 19 heavy (non-hydrogen) atoms. The minimum Gasteiger partial charge on any atom is -0.497 e. The van der Waals surface area contributed by atoms with Gasteiger partial charge in [-0.1, -0.05) is 6.07 Å². The van der Waals surface area contributed by atoms with E-state index in [4.69, 9.17) is 14.6 Å². The summed E-state index contributed by atoms with van der Waals surface area (Å²) in [6, 6.07) is 7.94. The van der Waals surface area contributed by atoms with Crippen LogP contribution in [0.15, 0.2) is 24.3 Å². The molecule has 1 aromatic carbocycles. The molecule has 1 unspecified atom stereocenters. The summed E-state index contributed by atoms with van der Waals surface area (Å²) in [5.74, 6) is 0.0390. The summed E-state index contributed by atoms with van der Waals surface area (Å²) in [5, 5.41) is 8.80. The third kappa shape index (κ3) is 3.61.